The molecule has 216 valence electrons. The van der Waals surface area contributed by atoms with Crippen LogP contribution in [0.2, 0.25) is 0 Å². The van der Waals surface area contributed by atoms with Crippen molar-refractivity contribution in [3.05, 3.63) is 83.9 Å². The highest BCUT2D eigenvalue weighted by Crippen LogP contribution is 2.40. The van der Waals surface area contributed by atoms with Crippen molar-refractivity contribution in [2.75, 3.05) is 19.6 Å². The molecular weight excluding hydrogens is 533 g/mol. The highest BCUT2D eigenvalue weighted by atomic mass is 19.4. The molecule has 0 spiro atoms. The Labute approximate surface area is 236 Å². The van der Waals surface area contributed by atoms with Crippen molar-refractivity contribution >= 4 is 11.7 Å². The zero-order valence-electron chi connectivity index (χ0n) is 22.6. The summed E-state index contributed by atoms with van der Waals surface area (Å²) < 4.78 is 38.7. The Kier molecular flexibility index (Phi) is 8.51. The molecule has 2 aliphatic rings. The molecule has 1 aliphatic carbocycles. The molecule has 1 saturated carbocycles. The van der Waals surface area contributed by atoms with Crippen molar-refractivity contribution < 1.29 is 27.9 Å². The molecule has 2 aromatic carbocycles. The minimum Gasteiger partial charge on any atom is -0.385 e. The molecule has 1 aromatic heterocycles. The van der Waals surface area contributed by atoms with E-state index in [4.69, 9.17) is 0 Å². The van der Waals surface area contributed by atoms with Gasteiger partial charge >= 0.3 is 6.18 Å². The van der Waals surface area contributed by atoms with E-state index in [0.717, 1.165) is 61.2 Å². The van der Waals surface area contributed by atoms with Gasteiger partial charge in [0.15, 0.2) is 5.78 Å². The summed E-state index contributed by atoms with van der Waals surface area (Å²) in [4.78, 5) is 35.4. The number of Topliss-reactive ketones (excluding diaryl/α,β-unsaturated/α-hetero) is 1. The number of nitrogens with zero attached hydrogens (tertiary/aromatic N) is 3. The van der Waals surface area contributed by atoms with Gasteiger partial charge in [0.2, 0.25) is 0 Å². The number of likely N-dealkylation sites (tertiary alicyclic amines) is 1. The maximum absolute atomic E-state index is 12.9. The molecule has 3 aromatic rings. The number of alkyl halides is 3. The summed E-state index contributed by atoms with van der Waals surface area (Å²) in [6, 6.07) is 12.4. The molecular formula is C31H33F3N4O3. The number of aromatic nitrogens is 2. The lowest BCUT2D eigenvalue weighted by Gasteiger charge is -2.40. The largest absolute Gasteiger partial charge is 0.416 e. The van der Waals surface area contributed by atoms with Gasteiger partial charge in [0.05, 0.1) is 17.7 Å². The molecule has 2 fully saturated rings. The third-order valence-corrected chi connectivity index (χ3v) is 8.35. The Balaban J connectivity index is 1.07. The molecule has 1 atom stereocenters. The molecule has 5 rings (SSSR count). The topological polar surface area (TPSA) is 95.4 Å². The van der Waals surface area contributed by atoms with Gasteiger partial charge in [-0.3, -0.25) is 9.59 Å². The summed E-state index contributed by atoms with van der Waals surface area (Å²) in [7, 11) is 0. The van der Waals surface area contributed by atoms with E-state index in [0.29, 0.717) is 25.3 Å². The highest BCUT2D eigenvalue weighted by molar-refractivity contribution is 5.96. The number of aliphatic hydroxyl groups is 1. The summed E-state index contributed by atoms with van der Waals surface area (Å²) in [6.07, 6.45) is 4.70. The van der Waals surface area contributed by atoms with Crippen LogP contribution in [0.5, 0.6) is 0 Å². The number of nitrogens with one attached hydrogen (secondary N) is 1. The van der Waals surface area contributed by atoms with Crippen molar-refractivity contribution in [3.8, 4) is 11.1 Å². The average molecular weight is 567 g/mol. The summed E-state index contributed by atoms with van der Waals surface area (Å²) >= 11 is 0. The van der Waals surface area contributed by atoms with Gasteiger partial charge in [0.25, 0.3) is 5.91 Å². The van der Waals surface area contributed by atoms with Crippen molar-refractivity contribution in [2.24, 2.45) is 5.92 Å². The molecule has 0 unspecified atom stereocenters. The smallest absolute Gasteiger partial charge is 0.385 e. The van der Waals surface area contributed by atoms with E-state index in [2.05, 4.69) is 20.2 Å². The lowest BCUT2D eigenvalue weighted by atomic mass is 9.77. The van der Waals surface area contributed by atoms with E-state index < -0.39 is 23.2 Å². The summed E-state index contributed by atoms with van der Waals surface area (Å²) in [5, 5.41) is 13.9. The normalized spacial score (nSPS) is 23.3. The highest BCUT2D eigenvalue weighted by Gasteiger charge is 2.38. The zero-order chi connectivity index (χ0) is 29.0. The first-order chi connectivity index (χ1) is 19.6. The fourth-order valence-corrected chi connectivity index (χ4v) is 6.03. The first-order valence-electron chi connectivity index (χ1n) is 13.9. The minimum absolute atomic E-state index is 0.126. The predicted molar refractivity (Wildman–Crippen MR) is 147 cm³/mol. The monoisotopic (exact) mass is 566 g/mol. The maximum Gasteiger partial charge on any atom is 0.416 e. The Hall–Kier alpha value is -3.63. The number of ketones is 1. The molecule has 41 heavy (non-hydrogen) atoms. The van der Waals surface area contributed by atoms with Gasteiger partial charge in [-0.05, 0) is 73.9 Å². The fourth-order valence-electron chi connectivity index (χ4n) is 6.03. The SMILES string of the molecule is O=C(CNC(=O)c1cccc(C(F)(F)F)c1)C[C@@H]1CCN(C2CCC(O)(c3ccc(-c4cncnc4)cc3)CC2)C1. The predicted octanol–water partition coefficient (Wildman–Crippen LogP) is 5.00. The summed E-state index contributed by atoms with van der Waals surface area (Å²) in [5.41, 5.74) is 0.941. The van der Waals surface area contributed by atoms with Crippen LogP contribution >= 0.6 is 0 Å². The number of halogens is 3. The first-order valence-corrected chi connectivity index (χ1v) is 13.9. The van der Waals surface area contributed by atoms with Gasteiger partial charge < -0.3 is 15.3 Å². The quantitative estimate of drug-likeness (QED) is 0.398. The number of carbonyl (C=O) groups excluding carboxylic acids is 2. The molecule has 1 saturated heterocycles. The third kappa shape index (κ3) is 7.00. The lowest BCUT2D eigenvalue weighted by Crippen LogP contribution is -2.41. The van der Waals surface area contributed by atoms with Gasteiger partial charge in [-0.15, -0.1) is 0 Å². The molecule has 0 bridgehead atoms. The molecule has 1 amide bonds. The number of rotatable bonds is 8. The molecule has 1 aliphatic heterocycles. The second kappa shape index (κ2) is 12.1. The van der Waals surface area contributed by atoms with Crippen molar-refractivity contribution in [1.82, 2.24) is 20.2 Å². The number of amides is 1. The van der Waals surface area contributed by atoms with E-state index >= 15 is 0 Å². The van der Waals surface area contributed by atoms with E-state index in [1.54, 1.807) is 12.4 Å². The van der Waals surface area contributed by atoms with E-state index in [9.17, 15) is 27.9 Å². The Morgan fingerprint density at radius 3 is 2.39 bits per heavy atom. The third-order valence-electron chi connectivity index (χ3n) is 8.35. The Morgan fingerprint density at radius 1 is 1.00 bits per heavy atom. The summed E-state index contributed by atoms with van der Waals surface area (Å²) in [5.74, 6) is -0.667. The van der Waals surface area contributed by atoms with Crippen LogP contribution in [0.1, 0.15) is 60.0 Å². The zero-order valence-corrected chi connectivity index (χ0v) is 22.6. The van der Waals surface area contributed by atoms with Gasteiger partial charge in [-0.25, -0.2) is 9.97 Å². The van der Waals surface area contributed by atoms with Crippen LogP contribution in [0.15, 0.2) is 67.3 Å². The number of benzene rings is 2. The van der Waals surface area contributed by atoms with E-state index in [1.165, 1.54) is 18.5 Å². The molecule has 0 radical (unpaired) electrons. The van der Waals surface area contributed by atoms with Crippen LogP contribution in [-0.2, 0) is 16.6 Å². The number of carbonyl (C=O) groups is 2. The molecule has 2 N–H and O–H groups in total. The van der Waals surface area contributed by atoms with Gasteiger partial charge in [-0.2, -0.15) is 13.2 Å². The molecule has 2 heterocycles. The van der Waals surface area contributed by atoms with Crippen LogP contribution in [0.25, 0.3) is 11.1 Å². The van der Waals surface area contributed by atoms with Crippen LogP contribution in [0.4, 0.5) is 13.2 Å². The minimum atomic E-state index is -4.54. The van der Waals surface area contributed by atoms with Crippen LogP contribution < -0.4 is 5.32 Å². The molecule has 10 heteroatoms. The maximum atomic E-state index is 12.9. The second-order valence-electron chi connectivity index (χ2n) is 11.1. The fraction of sp³-hybridized carbons (Fsp3) is 0.419. The van der Waals surface area contributed by atoms with Gasteiger partial charge in [0, 0.05) is 42.5 Å². The van der Waals surface area contributed by atoms with Crippen molar-refractivity contribution in [2.45, 2.75) is 56.3 Å². The lowest BCUT2D eigenvalue weighted by molar-refractivity contribution is -0.137. The summed E-state index contributed by atoms with van der Waals surface area (Å²) in [6.45, 7) is 1.45. The van der Waals surface area contributed by atoms with Crippen molar-refractivity contribution in [1.29, 1.82) is 0 Å². The average Bonchev–Trinajstić information content (AvgIpc) is 3.44. The van der Waals surface area contributed by atoms with Gasteiger partial charge in [0.1, 0.15) is 6.33 Å². The van der Waals surface area contributed by atoms with Crippen LogP contribution in [0.3, 0.4) is 0 Å². The van der Waals surface area contributed by atoms with Crippen LogP contribution in [0, 0.1) is 5.92 Å². The second-order valence-corrected chi connectivity index (χ2v) is 11.1. The van der Waals surface area contributed by atoms with Crippen LogP contribution in [-0.4, -0.2) is 57.3 Å². The standard InChI is InChI=1S/C31H33F3N4O3/c32-31(33,34)26-3-1-2-23(15-26)29(40)37-18-28(39)14-21-10-13-38(19-21)27-8-11-30(41,12-9-27)25-6-4-22(5-7-25)24-16-35-20-36-17-24/h1-7,15-17,20-21,27,41H,8-14,18-19H2,(H,37,40)/t21-,27?,30?/m0/s1. The van der Waals surface area contributed by atoms with Gasteiger partial charge in [-0.1, -0.05) is 30.3 Å². The first kappa shape index (κ1) is 28.9. The Morgan fingerprint density at radius 2 is 1.71 bits per heavy atom. The van der Waals surface area contributed by atoms with E-state index in [1.807, 2.05) is 24.3 Å². The number of hydrogen-bond acceptors (Lipinski definition) is 6. The van der Waals surface area contributed by atoms with Crippen molar-refractivity contribution in [3.63, 3.8) is 0 Å². The number of hydrogen-bond donors (Lipinski definition) is 2. The molecule has 7 nitrogen and oxygen atoms in total. The Bertz CT molecular complexity index is 1360. The van der Waals surface area contributed by atoms with E-state index in [-0.39, 0.29) is 23.8 Å².